The minimum Gasteiger partial charge on any atom is -0.395 e. The molecule has 0 spiro atoms. The molecule has 0 fully saturated rings. The molecular weight excluding hydrogens is 316 g/mol. The first-order valence-electron chi connectivity index (χ1n) is 8.80. The van der Waals surface area contributed by atoms with Gasteiger partial charge in [0.15, 0.2) is 0 Å². The molecule has 1 aromatic heterocycles. The predicted molar refractivity (Wildman–Crippen MR) is 96.3 cm³/mol. The van der Waals surface area contributed by atoms with E-state index in [1.165, 1.54) is 11.1 Å². The van der Waals surface area contributed by atoms with E-state index < -0.39 is 0 Å². The molecule has 2 aromatic rings. The molecule has 132 valence electrons. The summed E-state index contributed by atoms with van der Waals surface area (Å²) in [5.41, 5.74) is 3.02. The van der Waals surface area contributed by atoms with Crippen molar-refractivity contribution in [3.63, 3.8) is 0 Å². The van der Waals surface area contributed by atoms with Gasteiger partial charge in [-0.25, -0.2) is 14.8 Å². The zero-order chi connectivity index (χ0) is 17.6. The molecule has 0 radical (unpaired) electrons. The molecule has 0 saturated carbocycles. The average molecular weight is 340 g/mol. The number of urea groups is 1. The van der Waals surface area contributed by atoms with Crippen LogP contribution in [0.4, 0.5) is 10.5 Å². The van der Waals surface area contributed by atoms with Gasteiger partial charge in [0.2, 0.25) is 0 Å². The minimum absolute atomic E-state index is 0.0204. The first kappa shape index (κ1) is 17.4. The maximum absolute atomic E-state index is 12.8. The summed E-state index contributed by atoms with van der Waals surface area (Å²) < 4.78 is 0. The summed E-state index contributed by atoms with van der Waals surface area (Å²) in [4.78, 5) is 22.9. The maximum atomic E-state index is 12.8. The second-order valence-corrected chi connectivity index (χ2v) is 6.20. The van der Waals surface area contributed by atoms with Crippen LogP contribution in [0.25, 0.3) is 0 Å². The Kier molecular flexibility index (Phi) is 5.60. The molecule has 1 unspecified atom stereocenters. The number of benzene rings is 1. The number of aryl methyl sites for hydroxylation is 2. The van der Waals surface area contributed by atoms with Gasteiger partial charge in [0.05, 0.1) is 30.7 Å². The number of amides is 2. The fourth-order valence-corrected chi connectivity index (χ4v) is 3.36. The van der Waals surface area contributed by atoms with Gasteiger partial charge in [0, 0.05) is 13.0 Å². The van der Waals surface area contributed by atoms with Crippen LogP contribution in [0.2, 0.25) is 0 Å². The lowest BCUT2D eigenvalue weighted by Crippen LogP contribution is -2.41. The molecule has 0 bridgehead atoms. The standard InChI is InChI=1S/C19H24N4O2/c1-2-18-20-12-15(13-21-18)22-19(25)23(10-11-24)17-9-5-7-14-6-3-4-8-16(14)17/h3-4,6,8,12-13,17,24H,2,5,7,9-11H2,1H3,(H,22,25). The SMILES string of the molecule is CCc1ncc(NC(=O)N(CCO)C2CCCc3ccccc32)cn1. The average Bonchev–Trinajstić information content (AvgIpc) is 2.66. The number of anilines is 1. The highest BCUT2D eigenvalue weighted by atomic mass is 16.3. The Bertz CT molecular complexity index is 718. The lowest BCUT2D eigenvalue weighted by molar-refractivity contribution is 0.155. The van der Waals surface area contributed by atoms with Crippen LogP contribution >= 0.6 is 0 Å². The van der Waals surface area contributed by atoms with Crippen molar-refractivity contribution in [3.05, 3.63) is 53.6 Å². The van der Waals surface area contributed by atoms with Crippen molar-refractivity contribution < 1.29 is 9.90 Å². The molecule has 25 heavy (non-hydrogen) atoms. The van der Waals surface area contributed by atoms with Gasteiger partial charge in [-0.2, -0.15) is 0 Å². The number of rotatable bonds is 5. The molecule has 1 aliphatic carbocycles. The Morgan fingerprint density at radius 1 is 1.32 bits per heavy atom. The van der Waals surface area contributed by atoms with Gasteiger partial charge in [0.25, 0.3) is 0 Å². The second kappa shape index (κ2) is 8.07. The van der Waals surface area contributed by atoms with E-state index in [0.717, 1.165) is 31.5 Å². The summed E-state index contributed by atoms with van der Waals surface area (Å²) in [5, 5.41) is 12.3. The normalized spacial score (nSPS) is 16.2. The van der Waals surface area contributed by atoms with E-state index in [2.05, 4.69) is 27.4 Å². The highest BCUT2D eigenvalue weighted by molar-refractivity contribution is 5.89. The third-order valence-corrected chi connectivity index (χ3v) is 4.59. The van der Waals surface area contributed by atoms with E-state index in [0.29, 0.717) is 12.2 Å². The smallest absolute Gasteiger partial charge is 0.322 e. The lowest BCUT2D eigenvalue weighted by Gasteiger charge is -2.35. The Balaban J connectivity index is 1.79. The molecule has 2 N–H and O–H groups in total. The third kappa shape index (κ3) is 3.96. The summed E-state index contributed by atoms with van der Waals surface area (Å²) in [6, 6.07) is 7.98. The molecular formula is C19H24N4O2. The van der Waals surface area contributed by atoms with E-state index in [1.807, 2.05) is 19.1 Å². The van der Waals surface area contributed by atoms with Crippen LogP contribution in [0.1, 0.15) is 42.8 Å². The number of carbonyl (C=O) groups excluding carboxylic acids is 1. The number of aliphatic hydroxyl groups excluding tert-OH is 1. The molecule has 0 saturated heterocycles. The van der Waals surface area contributed by atoms with Gasteiger partial charge in [-0.1, -0.05) is 31.2 Å². The summed E-state index contributed by atoms with van der Waals surface area (Å²) in [7, 11) is 0. The fourth-order valence-electron chi connectivity index (χ4n) is 3.36. The number of hydrogen-bond acceptors (Lipinski definition) is 4. The molecule has 6 heteroatoms. The van der Waals surface area contributed by atoms with Crippen molar-refractivity contribution in [2.45, 2.75) is 38.6 Å². The van der Waals surface area contributed by atoms with Crippen LogP contribution in [0.15, 0.2) is 36.7 Å². The maximum Gasteiger partial charge on any atom is 0.322 e. The van der Waals surface area contributed by atoms with Crippen molar-refractivity contribution in [3.8, 4) is 0 Å². The largest absolute Gasteiger partial charge is 0.395 e. The summed E-state index contributed by atoms with van der Waals surface area (Å²) in [6.45, 7) is 2.20. The number of hydrogen-bond donors (Lipinski definition) is 2. The van der Waals surface area contributed by atoms with Crippen molar-refractivity contribution >= 4 is 11.7 Å². The van der Waals surface area contributed by atoms with Crippen LogP contribution in [0, 0.1) is 0 Å². The lowest BCUT2D eigenvalue weighted by atomic mass is 9.87. The van der Waals surface area contributed by atoms with E-state index in [1.54, 1.807) is 17.3 Å². The molecule has 1 aromatic carbocycles. The fraction of sp³-hybridized carbons (Fsp3) is 0.421. The number of nitrogens with zero attached hydrogens (tertiary/aromatic N) is 3. The minimum atomic E-state index is -0.233. The van der Waals surface area contributed by atoms with Gasteiger partial charge in [-0.15, -0.1) is 0 Å². The summed E-state index contributed by atoms with van der Waals surface area (Å²) >= 11 is 0. The number of carbonyl (C=O) groups is 1. The van der Waals surface area contributed by atoms with Crippen LogP contribution in [-0.4, -0.2) is 39.2 Å². The van der Waals surface area contributed by atoms with Gasteiger partial charge in [0.1, 0.15) is 5.82 Å². The topological polar surface area (TPSA) is 78.4 Å². The van der Waals surface area contributed by atoms with Crippen LogP contribution in [0.5, 0.6) is 0 Å². The Morgan fingerprint density at radius 3 is 2.80 bits per heavy atom. The highest BCUT2D eigenvalue weighted by Crippen LogP contribution is 2.34. The van der Waals surface area contributed by atoms with E-state index in [4.69, 9.17) is 0 Å². The van der Waals surface area contributed by atoms with Crippen LogP contribution < -0.4 is 5.32 Å². The first-order chi connectivity index (χ1) is 12.2. The number of aromatic nitrogens is 2. The zero-order valence-electron chi connectivity index (χ0n) is 14.5. The van der Waals surface area contributed by atoms with Crippen LogP contribution in [0.3, 0.4) is 0 Å². The number of fused-ring (bicyclic) bond motifs is 1. The second-order valence-electron chi connectivity index (χ2n) is 6.20. The summed E-state index contributed by atoms with van der Waals surface area (Å²) in [6.07, 6.45) is 6.96. The highest BCUT2D eigenvalue weighted by Gasteiger charge is 2.29. The van der Waals surface area contributed by atoms with Gasteiger partial charge >= 0.3 is 6.03 Å². The van der Waals surface area contributed by atoms with Crippen LogP contribution in [-0.2, 0) is 12.8 Å². The molecule has 1 atom stereocenters. The Hall–Kier alpha value is -2.47. The monoisotopic (exact) mass is 340 g/mol. The summed E-state index contributed by atoms with van der Waals surface area (Å²) in [5.74, 6) is 0.742. The third-order valence-electron chi connectivity index (χ3n) is 4.59. The number of aliphatic hydroxyl groups is 1. The van der Waals surface area contributed by atoms with Crippen molar-refractivity contribution in [2.24, 2.45) is 0 Å². The van der Waals surface area contributed by atoms with Gasteiger partial charge in [-0.05, 0) is 30.4 Å². The quantitative estimate of drug-likeness (QED) is 0.877. The predicted octanol–water partition coefficient (Wildman–Crippen LogP) is 2.94. The number of nitrogens with one attached hydrogen (secondary N) is 1. The van der Waals surface area contributed by atoms with Crippen molar-refractivity contribution in [1.82, 2.24) is 14.9 Å². The molecule has 6 nitrogen and oxygen atoms in total. The van der Waals surface area contributed by atoms with Gasteiger partial charge in [-0.3, -0.25) is 0 Å². The molecule has 1 heterocycles. The van der Waals surface area contributed by atoms with E-state index in [9.17, 15) is 9.90 Å². The molecule has 2 amide bonds. The zero-order valence-corrected chi connectivity index (χ0v) is 14.5. The molecule has 0 aliphatic heterocycles. The Labute approximate surface area is 147 Å². The van der Waals surface area contributed by atoms with Crippen molar-refractivity contribution in [1.29, 1.82) is 0 Å². The molecule has 3 rings (SSSR count). The van der Waals surface area contributed by atoms with Crippen molar-refractivity contribution in [2.75, 3.05) is 18.5 Å². The van der Waals surface area contributed by atoms with E-state index in [-0.39, 0.29) is 18.7 Å². The van der Waals surface area contributed by atoms with E-state index >= 15 is 0 Å². The first-order valence-corrected chi connectivity index (χ1v) is 8.80. The molecule has 1 aliphatic rings. The van der Waals surface area contributed by atoms with Gasteiger partial charge < -0.3 is 15.3 Å². The Morgan fingerprint density at radius 2 is 2.08 bits per heavy atom.